The van der Waals surface area contributed by atoms with Crippen molar-refractivity contribution in [2.75, 3.05) is 6.54 Å². The van der Waals surface area contributed by atoms with Crippen molar-refractivity contribution in [2.45, 2.75) is 0 Å². The van der Waals surface area contributed by atoms with Crippen molar-refractivity contribution >= 4 is 0 Å². The highest BCUT2D eigenvalue weighted by atomic mass is 15.2. The Hall–Kier alpha value is -0.850. The van der Waals surface area contributed by atoms with E-state index in [1.807, 2.05) is 6.07 Å². The number of hydrazine groups is 1. The number of rotatable bonds is 2. The number of nitrogens with two attached hydrogens (primary N) is 1. The van der Waals surface area contributed by atoms with Gasteiger partial charge in [0.05, 0.1) is 6.07 Å². The van der Waals surface area contributed by atoms with Gasteiger partial charge in [0.1, 0.15) is 0 Å². The third kappa shape index (κ3) is 5.15. The topological polar surface area (TPSA) is 61.8 Å². The summed E-state index contributed by atoms with van der Waals surface area (Å²) in [6.07, 6.45) is 3.01. The van der Waals surface area contributed by atoms with Gasteiger partial charge in [-0.25, -0.2) is 0 Å². The summed E-state index contributed by atoms with van der Waals surface area (Å²) >= 11 is 0. The summed E-state index contributed by atoms with van der Waals surface area (Å²) in [5, 5.41) is 7.89. The highest BCUT2D eigenvalue weighted by Gasteiger charge is 1.64. The standard InChI is InChI=1S/C4H7N3/c5-3-1-2-4-7-6/h1-2,7H,4,6H2. The molecule has 3 N–H and O–H groups in total. The van der Waals surface area contributed by atoms with Gasteiger partial charge >= 0.3 is 0 Å². The number of nitrogens with one attached hydrogen (secondary N) is 1. The number of allylic oxidation sites excluding steroid dienone is 1. The van der Waals surface area contributed by atoms with Crippen LogP contribution in [0.3, 0.4) is 0 Å². The first kappa shape index (κ1) is 6.15. The molecule has 0 aliphatic rings. The molecular formula is C4H7N3. The summed E-state index contributed by atoms with van der Waals surface area (Å²) in [6, 6.07) is 1.83. The number of hydrogen-bond acceptors (Lipinski definition) is 3. The van der Waals surface area contributed by atoms with E-state index in [1.165, 1.54) is 6.08 Å². The molecule has 3 heteroatoms. The SMILES string of the molecule is N#CC=CCNN. The number of nitrogens with zero attached hydrogens (tertiary/aromatic N) is 1. The van der Waals surface area contributed by atoms with Gasteiger partial charge in [0.25, 0.3) is 0 Å². The third-order valence-corrected chi connectivity index (χ3v) is 0.428. The Morgan fingerprint density at radius 2 is 2.57 bits per heavy atom. The van der Waals surface area contributed by atoms with E-state index >= 15 is 0 Å². The van der Waals surface area contributed by atoms with E-state index in [-0.39, 0.29) is 0 Å². The molecule has 7 heavy (non-hydrogen) atoms. The molecule has 0 aromatic rings. The van der Waals surface area contributed by atoms with E-state index in [2.05, 4.69) is 5.43 Å². The maximum atomic E-state index is 7.89. The Bertz CT molecular complexity index is 89.6. The molecule has 0 spiro atoms. The van der Waals surface area contributed by atoms with Gasteiger partial charge in [-0.15, -0.1) is 0 Å². The Morgan fingerprint density at radius 3 is 3.00 bits per heavy atom. The largest absolute Gasteiger partial charge is 0.271 e. The fourth-order valence-corrected chi connectivity index (χ4v) is 0.180. The maximum absolute atomic E-state index is 7.89. The van der Waals surface area contributed by atoms with Crippen LogP contribution in [0.5, 0.6) is 0 Å². The molecule has 0 fully saturated rings. The van der Waals surface area contributed by atoms with Crippen LogP contribution in [0.4, 0.5) is 0 Å². The van der Waals surface area contributed by atoms with Crippen LogP contribution in [0, 0.1) is 11.3 Å². The number of hydrogen-bond donors (Lipinski definition) is 2. The monoisotopic (exact) mass is 97.1 g/mol. The van der Waals surface area contributed by atoms with Gasteiger partial charge in [-0.3, -0.25) is 11.3 Å². The Kier molecular flexibility index (Phi) is 4.52. The second kappa shape index (κ2) is 5.15. The zero-order valence-electron chi connectivity index (χ0n) is 3.89. The molecule has 0 atom stereocenters. The first-order valence-electron chi connectivity index (χ1n) is 1.90. The molecule has 0 saturated heterocycles. The van der Waals surface area contributed by atoms with Crippen LogP contribution < -0.4 is 11.3 Å². The van der Waals surface area contributed by atoms with Crippen LogP contribution >= 0.6 is 0 Å². The molecule has 0 aliphatic heterocycles. The average molecular weight is 97.1 g/mol. The van der Waals surface area contributed by atoms with Gasteiger partial charge in [0, 0.05) is 12.6 Å². The van der Waals surface area contributed by atoms with Crippen molar-refractivity contribution in [3.63, 3.8) is 0 Å². The third-order valence-electron chi connectivity index (χ3n) is 0.428. The van der Waals surface area contributed by atoms with Crippen molar-refractivity contribution in [1.29, 1.82) is 5.26 Å². The average Bonchev–Trinajstić information content (AvgIpc) is 1.69. The Balaban J connectivity index is 2.97. The van der Waals surface area contributed by atoms with Crippen LogP contribution in [-0.4, -0.2) is 6.54 Å². The van der Waals surface area contributed by atoms with E-state index in [0.717, 1.165) is 0 Å². The zero-order chi connectivity index (χ0) is 5.54. The second-order valence-corrected chi connectivity index (χ2v) is 0.940. The first-order valence-corrected chi connectivity index (χ1v) is 1.90. The maximum Gasteiger partial charge on any atom is 0.0909 e. The fourth-order valence-electron chi connectivity index (χ4n) is 0.180. The van der Waals surface area contributed by atoms with Crippen molar-refractivity contribution in [3.05, 3.63) is 12.2 Å². The summed E-state index contributed by atoms with van der Waals surface area (Å²) in [4.78, 5) is 0. The second-order valence-electron chi connectivity index (χ2n) is 0.940. The molecule has 0 rings (SSSR count). The van der Waals surface area contributed by atoms with E-state index in [9.17, 15) is 0 Å². The van der Waals surface area contributed by atoms with Crippen LogP contribution in [0.15, 0.2) is 12.2 Å². The lowest BCUT2D eigenvalue weighted by molar-refractivity contribution is 0.823. The van der Waals surface area contributed by atoms with Gasteiger partial charge < -0.3 is 0 Å². The molecule has 38 valence electrons. The Labute approximate surface area is 42.4 Å². The number of nitriles is 1. The molecule has 0 bridgehead atoms. The predicted molar refractivity (Wildman–Crippen MR) is 26.9 cm³/mol. The molecule has 0 unspecified atom stereocenters. The normalized spacial score (nSPS) is 9.14. The lowest BCUT2D eigenvalue weighted by Crippen LogP contribution is -2.21. The molecule has 0 aromatic carbocycles. The Morgan fingerprint density at radius 1 is 1.86 bits per heavy atom. The summed E-state index contributed by atoms with van der Waals surface area (Å²) in [5.74, 6) is 4.86. The molecule has 0 aromatic heterocycles. The molecule has 0 amide bonds. The first-order chi connectivity index (χ1) is 3.41. The van der Waals surface area contributed by atoms with E-state index < -0.39 is 0 Å². The van der Waals surface area contributed by atoms with Crippen LogP contribution in [0.25, 0.3) is 0 Å². The smallest absolute Gasteiger partial charge is 0.0909 e. The minimum Gasteiger partial charge on any atom is -0.271 e. The van der Waals surface area contributed by atoms with Gasteiger partial charge in [0.15, 0.2) is 0 Å². The van der Waals surface area contributed by atoms with Gasteiger partial charge in [-0.2, -0.15) is 5.26 Å². The molecule has 3 nitrogen and oxygen atoms in total. The van der Waals surface area contributed by atoms with E-state index in [0.29, 0.717) is 6.54 Å². The quantitative estimate of drug-likeness (QED) is 0.278. The van der Waals surface area contributed by atoms with Gasteiger partial charge in [0.2, 0.25) is 0 Å². The van der Waals surface area contributed by atoms with Crippen molar-refractivity contribution < 1.29 is 0 Å². The molecule has 0 radical (unpaired) electrons. The highest BCUT2D eigenvalue weighted by molar-refractivity contribution is 5.01. The highest BCUT2D eigenvalue weighted by Crippen LogP contribution is 1.61. The minimum absolute atomic E-state index is 0.549. The summed E-state index contributed by atoms with van der Waals surface area (Å²) < 4.78 is 0. The zero-order valence-corrected chi connectivity index (χ0v) is 3.89. The van der Waals surface area contributed by atoms with Crippen LogP contribution in [-0.2, 0) is 0 Å². The lowest BCUT2D eigenvalue weighted by Gasteiger charge is -1.81. The van der Waals surface area contributed by atoms with Gasteiger partial charge in [-0.1, -0.05) is 6.08 Å². The van der Waals surface area contributed by atoms with Crippen molar-refractivity contribution in [2.24, 2.45) is 5.84 Å². The lowest BCUT2D eigenvalue weighted by atomic mass is 10.5. The van der Waals surface area contributed by atoms with Crippen LogP contribution in [0.1, 0.15) is 0 Å². The fraction of sp³-hybridized carbons (Fsp3) is 0.250. The molecular weight excluding hydrogens is 90.1 g/mol. The van der Waals surface area contributed by atoms with Gasteiger partial charge in [-0.05, 0) is 0 Å². The molecule has 0 saturated carbocycles. The summed E-state index contributed by atoms with van der Waals surface area (Å²) in [5.41, 5.74) is 2.36. The van der Waals surface area contributed by atoms with Crippen LogP contribution in [0.2, 0.25) is 0 Å². The molecule has 0 heterocycles. The van der Waals surface area contributed by atoms with E-state index in [1.54, 1.807) is 6.08 Å². The molecule has 0 aliphatic carbocycles. The van der Waals surface area contributed by atoms with E-state index in [4.69, 9.17) is 11.1 Å². The van der Waals surface area contributed by atoms with Crippen molar-refractivity contribution in [1.82, 2.24) is 5.43 Å². The predicted octanol–water partition coefficient (Wildman–Crippen LogP) is -0.471. The van der Waals surface area contributed by atoms with Crippen molar-refractivity contribution in [3.8, 4) is 6.07 Å². The summed E-state index contributed by atoms with van der Waals surface area (Å²) in [6.45, 7) is 0.549. The summed E-state index contributed by atoms with van der Waals surface area (Å²) in [7, 11) is 0. The minimum atomic E-state index is 0.549.